The van der Waals surface area contributed by atoms with E-state index in [9.17, 15) is 0 Å². The Morgan fingerprint density at radius 1 is 1.11 bits per heavy atom. The third-order valence-electron chi connectivity index (χ3n) is 1.54. The molecule has 0 aromatic heterocycles. The van der Waals surface area contributed by atoms with Gasteiger partial charge in [0.15, 0.2) is 0 Å². The lowest BCUT2D eigenvalue weighted by atomic mass is 10.00. The van der Waals surface area contributed by atoms with Crippen molar-refractivity contribution in [3.05, 3.63) is 0 Å². The normalized spacial score (nSPS) is 21.0. The minimum atomic E-state index is -0.306. The molecule has 0 spiro atoms. The van der Waals surface area contributed by atoms with E-state index < -0.39 is 0 Å². The molecule has 0 unspecified atom stereocenters. The lowest BCUT2D eigenvalue weighted by Crippen LogP contribution is -2.17. The van der Waals surface area contributed by atoms with Gasteiger partial charge in [0, 0.05) is 0 Å². The number of hydrogen-bond donors (Lipinski definition) is 2. The number of aliphatic hydroxyl groups excluding tert-OH is 2. The first-order valence-corrected chi connectivity index (χ1v) is 3.40. The SMILES string of the molecule is C[C@@H](O)C[C@H](C)[C@@H](C)O. The molecule has 0 saturated heterocycles. The molecule has 2 N–H and O–H groups in total. The largest absolute Gasteiger partial charge is 0.393 e. The summed E-state index contributed by atoms with van der Waals surface area (Å²) >= 11 is 0. The molecule has 0 aliphatic heterocycles. The Morgan fingerprint density at radius 3 is 1.67 bits per heavy atom. The minimum Gasteiger partial charge on any atom is -0.393 e. The molecule has 0 rings (SSSR count). The van der Waals surface area contributed by atoms with E-state index >= 15 is 0 Å². The standard InChI is InChI=1S/C7H16O2/c1-5(7(3)9)4-6(2)8/h5-9H,4H2,1-3H3/t5-,6+,7+/m0/s1. The van der Waals surface area contributed by atoms with Crippen molar-refractivity contribution >= 4 is 0 Å². The van der Waals surface area contributed by atoms with Crippen LogP contribution < -0.4 is 0 Å². The molecule has 0 saturated carbocycles. The van der Waals surface area contributed by atoms with Crippen LogP contribution in [0.4, 0.5) is 0 Å². The van der Waals surface area contributed by atoms with E-state index in [-0.39, 0.29) is 18.1 Å². The molecule has 9 heavy (non-hydrogen) atoms. The van der Waals surface area contributed by atoms with Crippen LogP contribution in [0, 0.1) is 5.92 Å². The van der Waals surface area contributed by atoms with Gasteiger partial charge in [0.1, 0.15) is 0 Å². The Balaban J connectivity index is 3.38. The summed E-state index contributed by atoms with van der Waals surface area (Å²) in [5.41, 5.74) is 0. The second-order valence-electron chi connectivity index (χ2n) is 2.80. The van der Waals surface area contributed by atoms with Crippen molar-refractivity contribution in [2.24, 2.45) is 5.92 Å². The van der Waals surface area contributed by atoms with E-state index in [1.54, 1.807) is 13.8 Å². The zero-order chi connectivity index (χ0) is 7.44. The Kier molecular flexibility index (Phi) is 3.82. The first-order chi connectivity index (χ1) is 4.04. The zero-order valence-electron chi connectivity index (χ0n) is 6.33. The maximum absolute atomic E-state index is 8.96. The molecule has 0 radical (unpaired) electrons. The van der Waals surface area contributed by atoms with Crippen LogP contribution >= 0.6 is 0 Å². The highest BCUT2D eigenvalue weighted by Gasteiger charge is 2.10. The molecule has 0 amide bonds. The van der Waals surface area contributed by atoms with Gasteiger partial charge in [-0.15, -0.1) is 0 Å². The Hall–Kier alpha value is -0.0800. The van der Waals surface area contributed by atoms with E-state index in [0.29, 0.717) is 6.42 Å². The summed E-state index contributed by atoms with van der Waals surface area (Å²) < 4.78 is 0. The fourth-order valence-electron chi connectivity index (χ4n) is 0.735. The molecule has 0 bridgehead atoms. The maximum Gasteiger partial charge on any atom is 0.0538 e. The van der Waals surface area contributed by atoms with Crippen molar-refractivity contribution in [3.8, 4) is 0 Å². The fraction of sp³-hybridized carbons (Fsp3) is 1.00. The lowest BCUT2D eigenvalue weighted by molar-refractivity contribution is 0.0876. The van der Waals surface area contributed by atoms with Crippen molar-refractivity contribution in [2.75, 3.05) is 0 Å². The highest BCUT2D eigenvalue weighted by atomic mass is 16.3. The van der Waals surface area contributed by atoms with E-state index in [4.69, 9.17) is 10.2 Å². The quantitative estimate of drug-likeness (QED) is 0.595. The van der Waals surface area contributed by atoms with Crippen molar-refractivity contribution < 1.29 is 10.2 Å². The molecule has 0 aliphatic rings. The van der Waals surface area contributed by atoms with E-state index in [1.165, 1.54) is 0 Å². The molecular formula is C7H16O2. The second kappa shape index (κ2) is 3.85. The summed E-state index contributed by atoms with van der Waals surface area (Å²) in [4.78, 5) is 0. The molecule has 0 fully saturated rings. The van der Waals surface area contributed by atoms with Gasteiger partial charge in [-0.1, -0.05) is 6.92 Å². The Bertz CT molecular complexity index is 69.3. The molecule has 0 aromatic rings. The first-order valence-electron chi connectivity index (χ1n) is 3.40. The zero-order valence-corrected chi connectivity index (χ0v) is 6.33. The summed E-state index contributed by atoms with van der Waals surface area (Å²) in [7, 11) is 0. The molecule has 0 aliphatic carbocycles. The van der Waals surface area contributed by atoms with Crippen molar-refractivity contribution in [2.45, 2.75) is 39.4 Å². The summed E-state index contributed by atoms with van der Waals surface area (Å²) in [6.45, 7) is 5.41. The van der Waals surface area contributed by atoms with Gasteiger partial charge in [0.25, 0.3) is 0 Å². The predicted octanol–water partition coefficient (Wildman–Crippen LogP) is 0.774. The summed E-state index contributed by atoms with van der Waals surface area (Å²) in [6.07, 6.45) is 0.0756. The molecular weight excluding hydrogens is 116 g/mol. The Labute approximate surface area is 56.5 Å². The molecule has 3 atom stereocenters. The van der Waals surface area contributed by atoms with Crippen molar-refractivity contribution in [3.63, 3.8) is 0 Å². The maximum atomic E-state index is 8.96. The van der Waals surface area contributed by atoms with Crippen LogP contribution in [0.3, 0.4) is 0 Å². The Morgan fingerprint density at radius 2 is 1.56 bits per heavy atom. The van der Waals surface area contributed by atoms with Gasteiger partial charge in [-0.25, -0.2) is 0 Å². The second-order valence-corrected chi connectivity index (χ2v) is 2.80. The van der Waals surface area contributed by atoms with Gasteiger partial charge >= 0.3 is 0 Å². The van der Waals surface area contributed by atoms with Crippen LogP contribution in [-0.2, 0) is 0 Å². The number of rotatable bonds is 3. The molecule has 2 nitrogen and oxygen atoms in total. The van der Waals surface area contributed by atoms with Gasteiger partial charge in [0.2, 0.25) is 0 Å². The topological polar surface area (TPSA) is 40.5 Å². The van der Waals surface area contributed by atoms with Crippen molar-refractivity contribution in [1.82, 2.24) is 0 Å². The molecule has 56 valence electrons. The van der Waals surface area contributed by atoms with Gasteiger partial charge in [-0.05, 0) is 26.2 Å². The number of hydrogen-bond acceptors (Lipinski definition) is 2. The van der Waals surface area contributed by atoms with Crippen LogP contribution in [-0.4, -0.2) is 22.4 Å². The average molecular weight is 132 g/mol. The highest BCUT2D eigenvalue weighted by Crippen LogP contribution is 2.09. The smallest absolute Gasteiger partial charge is 0.0538 e. The summed E-state index contributed by atoms with van der Waals surface area (Å²) in [5, 5.41) is 17.8. The van der Waals surface area contributed by atoms with Crippen LogP contribution in [0.5, 0.6) is 0 Å². The van der Waals surface area contributed by atoms with Crippen LogP contribution in [0.25, 0.3) is 0 Å². The van der Waals surface area contributed by atoms with Crippen LogP contribution in [0.1, 0.15) is 27.2 Å². The van der Waals surface area contributed by atoms with E-state index in [2.05, 4.69) is 0 Å². The van der Waals surface area contributed by atoms with E-state index in [0.717, 1.165) is 0 Å². The molecule has 2 heteroatoms. The highest BCUT2D eigenvalue weighted by molar-refractivity contribution is 4.61. The third kappa shape index (κ3) is 4.43. The third-order valence-corrected chi connectivity index (χ3v) is 1.54. The monoisotopic (exact) mass is 132 g/mol. The van der Waals surface area contributed by atoms with Crippen molar-refractivity contribution in [1.29, 1.82) is 0 Å². The molecule has 0 aromatic carbocycles. The van der Waals surface area contributed by atoms with Gasteiger partial charge in [0.05, 0.1) is 12.2 Å². The van der Waals surface area contributed by atoms with Crippen LogP contribution in [0.15, 0.2) is 0 Å². The summed E-state index contributed by atoms with van der Waals surface area (Å²) in [5.74, 6) is 0.199. The first kappa shape index (κ1) is 8.92. The number of aliphatic hydroxyl groups is 2. The van der Waals surface area contributed by atoms with Gasteiger partial charge in [-0.2, -0.15) is 0 Å². The average Bonchev–Trinajstić information content (AvgIpc) is 1.63. The fourth-order valence-corrected chi connectivity index (χ4v) is 0.735. The minimum absolute atomic E-state index is 0.199. The van der Waals surface area contributed by atoms with Crippen LogP contribution in [0.2, 0.25) is 0 Å². The van der Waals surface area contributed by atoms with E-state index in [1.807, 2.05) is 6.92 Å². The van der Waals surface area contributed by atoms with Gasteiger partial charge < -0.3 is 10.2 Å². The lowest BCUT2D eigenvalue weighted by Gasteiger charge is -2.15. The van der Waals surface area contributed by atoms with Gasteiger partial charge in [-0.3, -0.25) is 0 Å². The molecule has 0 heterocycles. The summed E-state index contributed by atoms with van der Waals surface area (Å²) in [6, 6.07) is 0. The predicted molar refractivity (Wildman–Crippen MR) is 37.1 cm³/mol.